The fourth-order valence-corrected chi connectivity index (χ4v) is 1.43. The minimum Gasteiger partial charge on any atom is -0.395 e. The SMILES string of the molecule is CN(C(=O)c1ccc([N+](=O)[O-])o1)C1CNC1.Cl. The van der Waals surface area contributed by atoms with Gasteiger partial charge in [0.15, 0.2) is 5.76 Å². The molecule has 17 heavy (non-hydrogen) atoms. The van der Waals surface area contributed by atoms with Crippen molar-refractivity contribution in [2.24, 2.45) is 0 Å². The van der Waals surface area contributed by atoms with Gasteiger partial charge >= 0.3 is 5.88 Å². The van der Waals surface area contributed by atoms with Crippen LogP contribution in [-0.4, -0.2) is 41.9 Å². The van der Waals surface area contributed by atoms with Crippen molar-refractivity contribution in [1.82, 2.24) is 10.2 Å². The summed E-state index contributed by atoms with van der Waals surface area (Å²) in [5.74, 6) is -0.746. The largest absolute Gasteiger partial charge is 0.433 e. The smallest absolute Gasteiger partial charge is 0.395 e. The Morgan fingerprint density at radius 3 is 2.65 bits per heavy atom. The maximum absolute atomic E-state index is 11.8. The fraction of sp³-hybridized carbons (Fsp3) is 0.444. The molecule has 2 rings (SSSR count). The Kier molecular flexibility index (Phi) is 4.08. The number of nitro groups is 1. The average molecular weight is 262 g/mol. The summed E-state index contributed by atoms with van der Waals surface area (Å²) < 4.78 is 4.84. The lowest BCUT2D eigenvalue weighted by molar-refractivity contribution is -0.402. The number of hydrogen-bond donors (Lipinski definition) is 1. The molecule has 1 aliphatic rings. The van der Waals surface area contributed by atoms with Gasteiger partial charge in [0.2, 0.25) is 0 Å². The molecule has 0 unspecified atom stereocenters. The molecule has 0 atom stereocenters. The van der Waals surface area contributed by atoms with Gasteiger partial charge in [-0.2, -0.15) is 0 Å². The van der Waals surface area contributed by atoms with E-state index in [0.29, 0.717) is 0 Å². The van der Waals surface area contributed by atoms with E-state index >= 15 is 0 Å². The fourth-order valence-electron chi connectivity index (χ4n) is 1.43. The van der Waals surface area contributed by atoms with Crippen LogP contribution < -0.4 is 5.32 Å². The molecule has 94 valence electrons. The van der Waals surface area contributed by atoms with Gasteiger partial charge in [0.05, 0.1) is 12.1 Å². The van der Waals surface area contributed by atoms with Gasteiger partial charge in [0.1, 0.15) is 4.92 Å². The zero-order valence-corrected chi connectivity index (χ0v) is 9.90. The lowest BCUT2D eigenvalue weighted by Crippen LogP contribution is -2.57. The monoisotopic (exact) mass is 261 g/mol. The van der Waals surface area contributed by atoms with Crippen molar-refractivity contribution in [3.8, 4) is 0 Å². The van der Waals surface area contributed by atoms with Gasteiger partial charge in [-0.3, -0.25) is 14.9 Å². The first kappa shape index (κ1) is 13.5. The van der Waals surface area contributed by atoms with E-state index in [-0.39, 0.29) is 30.1 Å². The minimum absolute atomic E-state index is 0. The van der Waals surface area contributed by atoms with E-state index in [1.54, 1.807) is 7.05 Å². The van der Waals surface area contributed by atoms with Crippen molar-refractivity contribution in [1.29, 1.82) is 0 Å². The number of carbonyl (C=O) groups excluding carboxylic acids is 1. The van der Waals surface area contributed by atoms with Crippen molar-refractivity contribution in [3.05, 3.63) is 28.0 Å². The van der Waals surface area contributed by atoms with Crippen LogP contribution in [-0.2, 0) is 0 Å². The predicted octanol–water partition coefficient (Wildman–Crippen LogP) is 0.653. The van der Waals surface area contributed by atoms with Crippen molar-refractivity contribution in [2.45, 2.75) is 6.04 Å². The average Bonchev–Trinajstić information content (AvgIpc) is 2.62. The molecule has 0 radical (unpaired) electrons. The van der Waals surface area contributed by atoms with Crippen molar-refractivity contribution >= 4 is 24.2 Å². The highest BCUT2D eigenvalue weighted by atomic mass is 35.5. The van der Waals surface area contributed by atoms with Gasteiger partial charge in [0, 0.05) is 20.1 Å². The van der Waals surface area contributed by atoms with Crippen LogP contribution in [0.2, 0.25) is 0 Å². The van der Waals surface area contributed by atoms with E-state index in [1.807, 2.05) is 0 Å². The third-order valence-electron chi connectivity index (χ3n) is 2.61. The lowest BCUT2D eigenvalue weighted by atomic mass is 10.1. The number of carbonyl (C=O) groups is 1. The highest BCUT2D eigenvalue weighted by Crippen LogP contribution is 2.18. The number of amides is 1. The van der Waals surface area contributed by atoms with Crippen LogP contribution in [0, 0.1) is 10.1 Å². The first-order valence-electron chi connectivity index (χ1n) is 4.81. The van der Waals surface area contributed by atoms with Gasteiger partial charge in [-0.25, -0.2) is 0 Å². The van der Waals surface area contributed by atoms with Crippen molar-refractivity contribution < 1.29 is 14.1 Å². The van der Waals surface area contributed by atoms with Crippen LogP contribution in [0.4, 0.5) is 5.88 Å². The normalized spacial score (nSPS) is 14.6. The Hall–Kier alpha value is -1.60. The second kappa shape index (κ2) is 5.15. The van der Waals surface area contributed by atoms with Crippen molar-refractivity contribution in [2.75, 3.05) is 20.1 Å². The van der Waals surface area contributed by atoms with E-state index < -0.39 is 10.8 Å². The van der Waals surface area contributed by atoms with E-state index in [1.165, 1.54) is 17.0 Å². The Morgan fingerprint density at radius 1 is 1.59 bits per heavy atom. The Balaban J connectivity index is 0.00000144. The number of hydrogen-bond acceptors (Lipinski definition) is 5. The molecule has 8 heteroatoms. The maximum atomic E-state index is 11.8. The molecule has 1 amide bonds. The van der Waals surface area contributed by atoms with E-state index in [0.717, 1.165) is 13.1 Å². The number of nitrogens with one attached hydrogen (secondary N) is 1. The molecule has 2 heterocycles. The number of halogens is 1. The van der Waals surface area contributed by atoms with Crippen LogP contribution in [0.25, 0.3) is 0 Å². The summed E-state index contributed by atoms with van der Waals surface area (Å²) in [6, 6.07) is 2.64. The van der Waals surface area contributed by atoms with Gasteiger partial charge in [-0.1, -0.05) is 0 Å². The van der Waals surface area contributed by atoms with Gasteiger partial charge in [-0.05, 0) is 6.07 Å². The predicted molar refractivity (Wildman–Crippen MR) is 61.4 cm³/mol. The quantitative estimate of drug-likeness (QED) is 0.638. The number of furan rings is 1. The molecule has 0 saturated carbocycles. The topological polar surface area (TPSA) is 88.6 Å². The summed E-state index contributed by atoms with van der Waals surface area (Å²) >= 11 is 0. The molecule has 7 nitrogen and oxygen atoms in total. The van der Waals surface area contributed by atoms with Crippen LogP contribution in [0.15, 0.2) is 16.5 Å². The van der Waals surface area contributed by atoms with Crippen LogP contribution in [0.3, 0.4) is 0 Å². The van der Waals surface area contributed by atoms with E-state index in [4.69, 9.17) is 4.42 Å². The van der Waals surface area contributed by atoms with Gasteiger partial charge in [0.25, 0.3) is 5.91 Å². The first-order chi connectivity index (χ1) is 7.59. The summed E-state index contributed by atoms with van der Waals surface area (Å²) in [5.41, 5.74) is 0. The van der Waals surface area contributed by atoms with Crippen molar-refractivity contribution in [3.63, 3.8) is 0 Å². The molecule has 0 bridgehead atoms. The molecule has 0 aliphatic carbocycles. The Labute approximate surface area is 103 Å². The van der Waals surface area contributed by atoms with Crippen LogP contribution in [0.5, 0.6) is 0 Å². The second-order valence-electron chi connectivity index (χ2n) is 3.62. The molecular weight excluding hydrogens is 250 g/mol. The second-order valence-corrected chi connectivity index (χ2v) is 3.62. The molecule has 0 spiro atoms. The van der Waals surface area contributed by atoms with Gasteiger partial charge in [-0.15, -0.1) is 12.4 Å². The van der Waals surface area contributed by atoms with E-state index in [2.05, 4.69) is 5.32 Å². The molecule has 1 fully saturated rings. The molecule has 1 aromatic heterocycles. The molecule has 1 aromatic rings. The molecule has 0 aromatic carbocycles. The highest BCUT2D eigenvalue weighted by Gasteiger charge is 2.28. The maximum Gasteiger partial charge on any atom is 0.433 e. The number of likely N-dealkylation sites (N-methyl/N-ethyl adjacent to an activating group) is 1. The zero-order valence-electron chi connectivity index (χ0n) is 9.08. The summed E-state index contributed by atoms with van der Waals surface area (Å²) in [6.45, 7) is 1.48. The molecule has 1 saturated heterocycles. The Morgan fingerprint density at radius 2 is 2.24 bits per heavy atom. The highest BCUT2D eigenvalue weighted by molar-refractivity contribution is 5.91. The molecular formula is C9H12ClN3O4. The molecule has 1 N–H and O–H groups in total. The zero-order chi connectivity index (χ0) is 11.7. The van der Waals surface area contributed by atoms with Crippen LogP contribution in [0.1, 0.15) is 10.6 Å². The van der Waals surface area contributed by atoms with Gasteiger partial charge < -0.3 is 14.6 Å². The summed E-state index contributed by atoms with van der Waals surface area (Å²) in [4.78, 5) is 23.0. The number of nitrogens with zero attached hydrogens (tertiary/aromatic N) is 2. The standard InChI is InChI=1S/C9H11N3O4.ClH/c1-11(6-4-10-5-6)9(13)7-2-3-8(16-7)12(14)15;/h2-3,6,10H,4-5H2,1H3;1H. The lowest BCUT2D eigenvalue weighted by Gasteiger charge is -2.34. The third-order valence-corrected chi connectivity index (χ3v) is 2.61. The first-order valence-corrected chi connectivity index (χ1v) is 4.81. The minimum atomic E-state index is -0.665. The van der Waals surface area contributed by atoms with E-state index in [9.17, 15) is 14.9 Å². The summed E-state index contributed by atoms with van der Waals surface area (Å²) in [5, 5.41) is 13.4. The number of rotatable bonds is 3. The molecule has 1 aliphatic heterocycles. The summed E-state index contributed by atoms with van der Waals surface area (Å²) in [7, 11) is 1.65. The third kappa shape index (κ3) is 2.56. The Bertz CT molecular complexity index is 430. The summed E-state index contributed by atoms with van der Waals surface area (Å²) in [6.07, 6.45) is 0. The van der Waals surface area contributed by atoms with Crippen LogP contribution >= 0.6 is 12.4 Å².